The standard InChI is InChI=1S/C8H16N2O2S2/c1-8(9-7(13)10(2)3)4-5-14(11,12)6-8/h4-6H2,1-3H3,(H,9,13)/t8-/m0/s1. The Balaban J connectivity index is 2.66. The average molecular weight is 236 g/mol. The maximum atomic E-state index is 11.3. The van der Waals surface area contributed by atoms with Gasteiger partial charge in [0.1, 0.15) is 0 Å². The molecule has 4 nitrogen and oxygen atoms in total. The predicted octanol–water partition coefficient (Wildman–Crippen LogP) is -0.000300. The molecule has 1 atom stereocenters. The van der Waals surface area contributed by atoms with Crippen LogP contribution in [0.5, 0.6) is 0 Å². The lowest BCUT2D eigenvalue weighted by molar-refractivity contribution is 0.446. The zero-order valence-corrected chi connectivity index (χ0v) is 10.3. The van der Waals surface area contributed by atoms with Crippen LogP contribution in [-0.2, 0) is 9.84 Å². The van der Waals surface area contributed by atoms with E-state index in [2.05, 4.69) is 5.32 Å². The molecule has 1 fully saturated rings. The Labute approximate surface area is 90.6 Å². The summed E-state index contributed by atoms with van der Waals surface area (Å²) in [5.41, 5.74) is -0.389. The number of sulfone groups is 1. The van der Waals surface area contributed by atoms with Crippen molar-refractivity contribution in [1.82, 2.24) is 10.2 Å². The number of hydrogen-bond donors (Lipinski definition) is 1. The number of nitrogens with zero attached hydrogens (tertiary/aromatic N) is 1. The SMILES string of the molecule is CN(C)C(=S)N[C@@]1(C)CCS(=O)(=O)C1. The van der Waals surface area contributed by atoms with Crippen LogP contribution in [0.1, 0.15) is 13.3 Å². The van der Waals surface area contributed by atoms with E-state index in [0.717, 1.165) is 0 Å². The fourth-order valence-corrected chi connectivity index (χ4v) is 3.82. The largest absolute Gasteiger partial charge is 0.356 e. The molecule has 0 aromatic heterocycles. The Morgan fingerprint density at radius 1 is 1.50 bits per heavy atom. The summed E-state index contributed by atoms with van der Waals surface area (Å²) in [5.74, 6) is 0.431. The normalized spacial score (nSPS) is 29.9. The van der Waals surface area contributed by atoms with Gasteiger partial charge in [-0.2, -0.15) is 0 Å². The molecule has 0 aromatic rings. The van der Waals surface area contributed by atoms with Gasteiger partial charge in [-0.1, -0.05) is 0 Å². The summed E-state index contributed by atoms with van der Waals surface area (Å²) in [5, 5.41) is 3.68. The van der Waals surface area contributed by atoms with Gasteiger partial charge < -0.3 is 10.2 Å². The first-order valence-corrected chi connectivity index (χ1v) is 6.67. The number of hydrogen-bond acceptors (Lipinski definition) is 3. The molecule has 1 N–H and O–H groups in total. The lowest BCUT2D eigenvalue weighted by Crippen LogP contribution is -2.50. The molecule has 0 unspecified atom stereocenters. The number of nitrogens with one attached hydrogen (secondary N) is 1. The molecule has 1 aliphatic rings. The van der Waals surface area contributed by atoms with Crippen LogP contribution in [-0.4, -0.2) is 49.6 Å². The molecule has 14 heavy (non-hydrogen) atoms. The Hall–Kier alpha value is -0.360. The van der Waals surface area contributed by atoms with Crippen molar-refractivity contribution in [2.24, 2.45) is 0 Å². The molecule has 1 rings (SSSR count). The van der Waals surface area contributed by atoms with E-state index in [9.17, 15) is 8.42 Å². The summed E-state index contributed by atoms with van der Waals surface area (Å²) >= 11 is 5.08. The van der Waals surface area contributed by atoms with Gasteiger partial charge in [-0.15, -0.1) is 0 Å². The second-order valence-electron chi connectivity index (χ2n) is 4.23. The van der Waals surface area contributed by atoms with Crippen molar-refractivity contribution in [1.29, 1.82) is 0 Å². The first-order valence-electron chi connectivity index (χ1n) is 4.44. The van der Waals surface area contributed by atoms with E-state index >= 15 is 0 Å². The second-order valence-corrected chi connectivity index (χ2v) is 6.80. The van der Waals surface area contributed by atoms with E-state index in [0.29, 0.717) is 11.5 Å². The molecule has 1 heterocycles. The van der Waals surface area contributed by atoms with Crippen molar-refractivity contribution in [3.63, 3.8) is 0 Å². The second kappa shape index (κ2) is 3.66. The van der Waals surface area contributed by atoms with Crippen LogP contribution in [0.3, 0.4) is 0 Å². The zero-order chi connectivity index (χ0) is 11.0. The van der Waals surface area contributed by atoms with Crippen molar-refractivity contribution in [3.05, 3.63) is 0 Å². The summed E-state index contributed by atoms with van der Waals surface area (Å²) in [6.45, 7) is 1.90. The van der Waals surface area contributed by atoms with E-state index in [1.54, 1.807) is 4.90 Å². The van der Waals surface area contributed by atoms with Gasteiger partial charge in [0.2, 0.25) is 0 Å². The van der Waals surface area contributed by atoms with Crippen LogP contribution < -0.4 is 5.32 Å². The lowest BCUT2D eigenvalue weighted by Gasteiger charge is -2.28. The minimum absolute atomic E-state index is 0.175. The molecule has 0 amide bonds. The van der Waals surface area contributed by atoms with Crippen LogP contribution in [0, 0.1) is 0 Å². The third kappa shape index (κ3) is 2.81. The first-order chi connectivity index (χ1) is 6.24. The molecule has 1 saturated heterocycles. The van der Waals surface area contributed by atoms with Gasteiger partial charge in [0.25, 0.3) is 0 Å². The molecule has 0 saturated carbocycles. The third-order valence-electron chi connectivity index (χ3n) is 2.32. The van der Waals surface area contributed by atoms with Gasteiger partial charge in [-0.3, -0.25) is 0 Å². The summed E-state index contributed by atoms with van der Waals surface area (Å²) < 4.78 is 22.6. The van der Waals surface area contributed by atoms with Gasteiger partial charge in [0, 0.05) is 14.1 Å². The zero-order valence-electron chi connectivity index (χ0n) is 8.70. The van der Waals surface area contributed by atoms with Crippen molar-refractivity contribution in [2.45, 2.75) is 18.9 Å². The monoisotopic (exact) mass is 236 g/mol. The minimum atomic E-state index is -2.87. The molecule has 0 bridgehead atoms. The molecular formula is C8H16N2O2S2. The van der Waals surface area contributed by atoms with Crippen LogP contribution in [0.2, 0.25) is 0 Å². The highest BCUT2D eigenvalue weighted by Gasteiger charge is 2.38. The Bertz CT molecular complexity index is 337. The minimum Gasteiger partial charge on any atom is -0.356 e. The maximum Gasteiger partial charge on any atom is 0.168 e. The lowest BCUT2D eigenvalue weighted by atomic mass is 10.0. The van der Waals surface area contributed by atoms with E-state index in [1.165, 1.54) is 0 Å². The summed E-state index contributed by atoms with van der Waals surface area (Å²) in [6, 6.07) is 0. The predicted molar refractivity (Wildman–Crippen MR) is 61.1 cm³/mol. The molecule has 1 aliphatic heterocycles. The van der Waals surface area contributed by atoms with E-state index in [-0.39, 0.29) is 17.0 Å². The van der Waals surface area contributed by atoms with Crippen LogP contribution >= 0.6 is 12.2 Å². The Kier molecular flexibility index (Phi) is 3.06. The third-order valence-corrected chi connectivity index (χ3v) is 4.69. The molecular weight excluding hydrogens is 220 g/mol. The highest BCUT2D eigenvalue weighted by molar-refractivity contribution is 7.91. The first kappa shape index (κ1) is 11.7. The summed E-state index contributed by atoms with van der Waals surface area (Å²) in [6.07, 6.45) is 0.628. The van der Waals surface area contributed by atoms with Gasteiger partial charge in [0.05, 0.1) is 17.0 Å². The van der Waals surface area contributed by atoms with Crippen LogP contribution in [0.25, 0.3) is 0 Å². The van der Waals surface area contributed by atoms with Gasteiger partial charge in [-0.05, 0) is 25.6 Å². The summed E-state index contributed by atoms with van der Waals surface area (Å²) in [4.78, 5) is 1.77. The number of thiocarbonyl (C=S) groups is 1. The Morgan fingerprint density at radius 2 is 2.07 bits per heavy atom. The van der Waals surface area contributed by atoms with Gasteiger partial charge in [0.15, 0.2) is 14.9 Å². The average Bonchev–Trinajstić information content (AvgIpc) is 2.25. The van der Waals surface area contributed by atoms with E-state index in [1.807, 2.05) is 21.0 Å². The van der Waals surface area contributed by atoms with Crippen molar-refractivity contribution < 1.29 is 8.42 Å². The van der Waals surface area contributed by atoms with Crippen molar-refractivity contribution in [2.75, 3.05) is 25.6 Å². The smallest absolute Gasteiger partial charge is 0.168 e. The van der Waals surface area contributed by atoms with Crippen molar-refractivity contribution >= 4 is 27.2 Å². The molecule has 0 aromatic carbocycles. The number of rotatable bonds is 1. The Morgan fingerprint density at radius 3 is 2.43 bits per heavy atom. The van der Waals surface area contributed by atoms with E-state index in [4.69, 9.17) is 12.2 Å². The highest BCUT2D eigenvalue weighted by Crippen LogP contribution is 2.22. The molecule has 0 radical (unpaired) electrons. The van der Waals surface area contributed by atoms with Gasteiger partial charge in [-0.25, -0.2) is 8.42 Å². The fraction of sp³-hybridized carbons (Fsp3) is 0.875. The fourth-order valence-electron chi connectivity index (χ4n) is 1.48. The molecule has 82 valence electrons. The summed E-state index contributed by atoms with van der Waals surface area (Å²) in [7, 11) is 0.805. The highest BCUT2D eigenvalue weighted by atomic mass is 32.2. The van der Waals surface area contributed by atoms with Crippen LogP contribution in [0.4, 0.5) is 0 Å². The van der Waals surface area contributed by atoms with Crippen LogP contribution in [0.15, 0.2) is 0 Å². The van der Waals surface area contributed by atoms with Crippen molar-refractivity contribution in [3.8, 4) is 0 Å². The van der Waals surface area contributed by atoms with Gasteiger partial charge >= 0.3 is 0 Å². The van der Waals surface area contributed by atoms with E-state index < -0.39 is 9.84 Å². The maximum absolute atomic E-state index is 11.3. The molecule has 6 heteroatoms. The molecule has 0 spiro atoms. The quantitative estimate of drug-likeness (QED) is 0.650. The molecule has 0 aliphatic carbocycles. The topological polar surface area (TPSA) is 49.4 Å².